The molecule has 2 nitrogen and oxygen atoms in total. The number of ether oxygens (including phenoxy) is 1. The zero-order chi connectivity index (χ0) is 10.7. The van der Waals surface area contributed by atoms with Crippen molar-refractivity contribution in [2.75, 3.05) is 7.11 Å². The zero-order valence-electron chi connectivity index (χ0n) is 9.24. The van der Waals surface area contributed by atoms with Gasteiger partial charge in [0.25, 0.3) is 0 Å². The summed E-state index contributed by atoms with van der Waals surface area (Å²) >= 11 is 0. The summed E-state index contributed by atoms with van der Waals surface area (Å²) in [6.45, 7) is 6.01. The van der Waals surface area contributed by atoms with Gasteiger partial charge in [0.05, 0.1) is 13.2 Å². The van der Waals surface area contributed by atoms with Crippen LogP contribution < -0.4 is 4.74 Å². The molecule has 0 amide bonds. The number of rotatable bonds is 3. The van der Waals surface area contributed by atoms with Crippen LogP contribution in [0.3, 0.4) is 0 Å². The maximum Gasteiger partial charge on any atom is 0.119 e. The highest BCUT2D eigenvalue weighted by Gasteiger charge is 2.07. The molecule has 0 aliphatic rings. The molecule has 0 saturated heterocycles. The molecule has 1 aromatic rings. The van der Waals surface area contributed by atoms with E-state index in [2.05, 4.69) is 13.8 Å². The Morgan fingerprint density at radius 3 is 2.07 bits per heavy atom. The van der Waals surface area contributed by atoms with Crippen LogP contribution in [0.1, 0.15) is 43.9 Å². The Kier molecular flexibility index (Phi) is 3.53. The fraction of sp³-hybridized carbons (Fsp3) is 0.500. The topological polar surface area (TPSA) is 29.5 Å². The lowest BCUT2D eigenvalue weighted by atomic mass is 9.98. The number of hydrogen-bond acceptors (Lipinski definition) is 2. The van der Waals surface area contributed by atoms with Gasteiger partial charge < -0.3 is 9.84 Å². The molecular formula is C12H18O2. The summed E-state index contributed by atoms with van der Waals surface area (Å²) < 4.78 is 5.18. The molecule has 0 aromatic heterocycles. The molecule has 0 radical (unpaired) electrons. The van der Waals surface area contributed by atoms with E-state index < -0.39 is 6.10 Å². The third kappa shape index (κ3) is 2.48. The minimum atomic E-state index is -0.442. The van der Waals surface area contributed by atoms with Crippen LogP contribution in [0.4, 0.5) is 0 Å². The van der Waals surface area contributed by atoms with Gasteiger partial charge in [0, 0.05) is 0 Å². The van der Waals surface area contributed by atoms with E-state index in [9.17, 15) is 5.11 Å². The summed E-state index contributed by atoms with van der Waals surface area (Å²) in [5.41, 5.74) is 2.10. The Hall–Kier alpha value is -1.02. The summed E-state index contributed by atoms with van der Waals surface area (Å²) in [6.07, 6.45) is -0.442. The molecule has 0 aliphatic heterocycles. The van der Waals surface area contributed by atoms with Crippen molar-refractivity contribution >= 4 is 0 Å². The lowest BCUT2D eigenvalue weighted by Crippen LogP contribution is -1.97. The molecule has 0 aliphatic carbocycles. The number of hydrogen-bond donors (Lipinski definition) is 1. The van der Waals surface area contributed by atoms with Crippen molar-refractivity contribution in [3.63, 3.8) is 0 Å². The Balaban J connectivity index is 3.13. The maximum atomic E-state index is 9.49. The summed E-state index contributed by atoms with van der Waals surface area (Å²) in [5, 5.41) is 9.49. The van der Waals surface area contributed by atoms with E-state index in [4.69, 9.17) is 4.74 Å². The van der Waals surface area contributed by atoms with Crippen LogP contribution in [0.2, 0.25) is 0 Å². The fourth-order valence-electron chi connectivity index (χ4n) is 1.34. The van der Waals surface area contributed by atoms with Gasteiger partial charge in [-0.05, 0) is 36.1 Å². The quantitative estimate of drug-likeness (QED) is 0.801. The SMILES string of the molecule is COc1cc(C(C)C)cc(C(C)O)c1. The molecule has 0 heterocycles. The largest absolute Gasteiger partial charge is 0.497 e. The average molecular weight is 194 g/mol. The highest BCUT2D eigenvalue weighted by atomic mass is 16.5. The van der Waals surface area contributed by atoms with Crippen molar-refractivity contribution in [2.24, 2.45) is 0 Å². The Labute approximate surface area is 85.5 Å². The van der Waals surface area contributed by atoms with E-state index >= 15 is 0 Å². The van der Waals surface area contributed by atoms with Gasteiger partial charge in [-0.2, -0.15) is 0 Å². The predicted octanol–water partition coefficient (Wildman–Crippen LogP) is 2.87. The number of benzene rings is 1. The van der Waals surface area contributed by atoms with Crippen LogP contribution in [0, 0.1) is 0 Å². The van der Waals surface area contributed by atoms with Crippen molar-refractivity contribution in [2.45, 2.75) is 32.8 Å². The first kappa shape index (κ1) is 11.1. The molecule has 78 valence electrons. The van der Waals surface area contributed by atoms with Gasteiger partial charge >= 0.3 is 0 Å². The van der Waals surface area contributed by atoms with Crippen molar-refractivity contribution in [3.05, 3.63) is 29.3 Å². The highest BCUT2D eigenvalue weighted by molar-refractivity contribution is 5.36. The lowest BCUT2D eigenvalue weighted by Gasteiger charge is -2.12. The minimum Gasteiger partial charge on any atom is -0.497 e. The monoisotopic (exact) mass is 194 g/mol. The second kappa shape index (κ2) is 4.47. The molecule has 0 bridgehead atoms. The van der Waals surface area contributed by atoms with E-state index in [1.807, 2.05) is 18.2 Å². The van der Waals surface area contributed by atoms with Gasteiger partial charge in [0.1, 0.15) is 5.75 Å². The van der Waals surface area contributed by atoms with Gasteiger partial charge in [0.2, 0.25) is 0 Å². The molecule has 14 heavy (non-hydrogen) atoms. The van der Waals surface area contributed by atoms with Crippen LogP contribution in [-0.4, -0.2) is 12.2 Å². The Morgan fingerprint density at radius 1 is 1.07 bits per heavy atom. The van der Waals surface area contributed by atoms with E-state index in [1.54, 1.807) is 14.0 Å². The average Bonchev–Trinajstić information content (AvgIpc) is 2.16. The van der Waals surface area contributed by atoms with Gasteiger partial charge in [-0.15, -0.1) is 0 Å². The summed E-state index contributed by atoms with van der Waals surface area (Å²) in [6, 6.07) is 5.91. The van der Waals surface area contributed by atoms with Crippen LogP contribution in [0.15, 0.2) is 18.2 Å². The molecular weight excluding hydrogens is 176 g/mol. The van der Waals surface area contributed by atoms with Gasteiger partial charge in [0.15, 0.2) is 0 Å². The first-order valence-electron chi connectivity index (χ1n) is 4.91. The molecule has 1 aromatic carbocycles. The number of aliphatic hydroxyl groups excluding tert-OH is 1. The van der Waals surface area contributed by atoms with Crippen molar-refractivity contribution < 1.29 is 9.84 Å². The molecule has 0 saturated carbocycles. The number of aliphatic hydroxyl groups is 1. The first-order chi connectivity index (χ1) is 6.54. The third-order valence-corrected chi connectivity index (χ3v) is 2.34. The zero-order valence-corrected chi connectivity index (χ0v) is 9.24. The van der Waals surface area contributed by atoms with Crippen molar-refractivity contribution in [1.29, 1.82) is 0 Å². The molecule has 0 fully saturated rings. The van der Waals surface area contributed by atoms with E-state index in [1.165, 1.54) is 5.56 Å². The maximum absolute atomic E-state index is 9.49. The normalized spacial score (nSPS) is 13.0. The third-order valence-electron chi connectivity index (χ3n) is 2.34. The van der Waals surface area contributed by atoms with E-state index in [-0.39, 0.29) is 0 Å². The van der Waals surface area contributed by atoms with Gasteiger partial charge in [-0.1, -0.05) is 19.9 Å². The predicted molar refractivity (Wildman–Crippen MR) is 57.7 cm³/mol. The molecule has 0 spiro atoms. The van der Waals surface area contributed by atoms with Gasteiger partial charge in [-0.25, -0.2) is 0 Å². The molecule has 1 N–H and O–H groups in total. The Bertz CT molecular complexity index is 277. The molecule has 1 rings (SSSR count). The van der Waals surface area contributed by atoms with Crippen LogP contribution in [0.5, 0.6) is 5.75 Å². The van der Waals surface area contributed by atoms with Crippen LogP contribution in [0.25, 0.3) is 0 Å². The standard InChI is InChI=1S/C12H18O2/c1-8(2)10-5-11(9(3)13)7-12(6-10)14-4/h5-9,13H,1-4H3. The fourth-order valence-corrected chi connectivity index (χ4v) is 1.34. The second-order valence-corrected chi connectivity index (χ2v) is 3.87. The van der Waals surface area contributed by atoms with Crippen LogP contribution >= 0.6 is 0 Å². The summed E-state index contributed by atoms with van der Waals surface area (Å²) in [5.74, 6) is 1.26. The molecule has 1 unspecified atom stereocenters. The van der Waals surface area contributed by atoms with Gasteiger partial charge in [-0.3, -0.25) is 0 Å². The second-order valence-electron chi connectivity index (χ2n) is 3.87. The first-order valence-corrected chi connectivity index (χ1v) is 4.91. The van der Waals surface area contributed by atoms with Crippen molar-refractivity contribution in [3.8, 4) is 5.75 Å². The molecule has 2 heteroatoms. The minimum absolute atomic E-state index is 0.442. The Morgan fingerprint density at radius 2 is 1.64 bits per heavy atom. The van der Waals surface area contributed by atoms with E-state index in [0.717, 1.165) is 11.3 Å². The summed E-state index contributed by atoms with van der Waals surface area (Å²) in [7, 11) is 1.64. The van der Waals surface area contributed by atoms with Crippen LogP contribution in [-0.2, 0) is 0 Å². The highest BCUT2D eigenvalue weighted by Crippen LogP contribution is 2.25. The number of methoxy groups -OCH3 is 1. The smallest absolute Gasteiger partial charge is 0.119 e. The summed E-state index contributed by atoms with van der Waals surface area (Å²) in [4.78, 5) is 0. The lowest BCUT2D eigenvalue weighted by molar-refractivity contribution is 0.198. The van der Waals surface area contributed by atoms with E-state index in [0.29, 0.717) is 5.92 Å². The molecule has 1 atom stereocenters. The van der Waals surface area contributed by atoms with Crippen molar-refractivity contribution in [1.82, 2.24) is 0 Å².